The molecule has 1 aromatic heterocycles. The van der Waals surface area contributed by atoms with Crippen LogP contribution in [0.3, 0.4) is 0 Å². The van der Waals surface area contributed by atoms with Crippen molar-refractivity contribution in [2.45, 2.75) is 11.8 Å². The molecule has 0 spiro atoms. The van der Waals surface area contributed by atoms with Crippen molar-refractivity contribution in [3.8, 4) is 17.4 Å². The highest BCUT2D eigenvalue weighted by Crippen LogP contribution is 2.23. The zero-order valence-electron chi connectivity index (χ0n) is 14.3. The van der Waals surface area contributed by atoms with Gasteiger partial charge in [0.15, 0.2) is 0 Å². The molecule has 26 heavy (non-hydrogen) atoms. The van der Waals surface area contributed by atoms with E-state index in [0.717, 1.165) is 5.56 Å². The number of ether oxygens (including phenoxy) is 2. The Balaban J connectivity index is 1.73. The van der Waals surface area contributed by atoms with Crippen LogP contribution in [-0.2, 0) is 10.0 Å². The number of aryl methyl sites for hydroxylation is 1. The van der Waals surface area contributed by atoms with Crippen LogP contribution < -0.4 is 14.2 Å². The van der Waals surface area contributed by atoms with Crippen molar-refractivity contribution in [2.24, 2.45) is 0 Å². The molecular formula is C19H18N2O4S. The largest absolute Gasteiger partial charge is 0.497 e. The van der Waals surface area contributed by atoms with E-state index in [9.17, 15) is 8.42 Å². The molecule has 0 amide bonds. The Hall–Kier alpha value is -3.06. The lowest BCUT2D eigenvalue weighted by Gasteiger charge is -2.10. The van der Waals surface area contributed by atoms with Crippen molar-refractivity contribution in [1.29, 1.82) is 0 Å². The molecule has 0 aliphatic heterocycles. The molecule has 0 aliphatic carbocycles. The van der Waals surface area contributed by atoms with Gasteiger partial charge in [-0.05, 0) is 37.3 Å². The lowest BCUT2D eigenvalue weighted by molar-refractivity contribution is 0.413. The highest BCUT2D eigenvalue weighted by atomic mass is 32.2. The molecule has 134 valence electrons. The first-order chi connectivity index (χ1) is 12.5. The number of sulfonamides is 1. The number of anilines is 1. The average Bonchev–Trinajstić information content (AvgIpc) is 2.65. The smallest absolute Gasteiger partial charge is 0.262 e. The van der Waals surface area contributed by atoms with Crippen LogP contribution in [0, 0.1) is 6.92 Å². The van der Waals surface area contributed by atoms with Gasteiger partial charge in [0, 0.05) is 12.1 Å². The standard InChI is InChI=1S/C19H18N2O4S/c1-14-6-9-16(10-7-14)25-19-11-8-15(13-20-19)21-26(22,23)18-5-3-4-17(12-18)24-2/h3-13,21H,1-2H3. The Bertz CT molecular complexity index is 985. The summed E-state index contributed by atoms with van der Waals surface area (Å²) in [6, 6.07) is 17.0. The molecule has 0 fully saturated rings. The Kier molecular flexibility index (Phi) is 5.09. The van der Waals surface area contributed by atoms with Gasteiger partial charge in [-0.3, -0.25) is 4.72 Å². The Morgan fingerprint density at radius 1 is 0.962 bits per heavy atom. The highest BCUT2D eigenvalue weighted by molar-refractivity contribution is 7.92. The van der Waals surface area contributed by atoms with E-state index < -0.39 is 10.0 Å². The normalized spacial score (nSPS) is 11.0. The van der Waals surface area contributed by atoms with Gasteiger partial charge in [0.25, 0.3) is 10.0 Å². The van der Waals surface area contributed by atoms with Crippen molar-refractivity contribution in [3.63, 3.8) is 0 Å². The molecule has 0 radical (unpaired) electrons. The number of aromatic nitrogens is 1. The van der Waals surface area contributed by atoms with E-state index in [1.165, 1.54) is 25.4 Å². The summed E-state index contributed by atoms with van der Waals surface area (Å²) in [5.74, 6) is 1.50. The second kappa shape index (κ2) is 7.45. The number of pyridine rings is 1. The fourth-order valence-corrected chi connectivity index (χ4v) is 3.29. The van der Waals surface area contributed by atoms with Gasteiger partial charge in [-0.15, -0.1) is 0 Å². The topological polar surface area (TPSA) is 77.5 Å². The minimum absolute atomic E-state index is 0.108. The molecule has 2 aromatic carbocycles. The summed E-state index contributed by atoms with van der Waals surface area (Å²) in [6.45, 7) is 1.99. The Labute approximate surface area is 152 Å². The van der Waals surface area contributed by atoms with Gasteiger partial charge in [0.05, 0.1) is 23.9 Å². The van der Waals surface area contributed by atoms with Gasteiger partial charge in [-0.25, -0.2) is 13.4 Å². The molecule has 0 atom stereocenters. The summed E-state index contributed by atoms with van der Waals surface area (Å²) < 4.78 is 38.1. The lowest BCUT2D eigenvalue weighted by Crippen LogP contribution is -2.13. The molecule has 7 heteroatoms. The van der Waals surface area contributed by atoms with Gasteiger partial charge in [-0.2, -0.15) is 0 Å². The summed E-state index contributed by atoms with van der Waals surface area (Å²) in [6.07, 6.45) is 1.40. The molecule has 0 aliphatic rings. The van der Waals surface area contributed by atoms with E-state index in [2.05, 4.69) is 9.71 Å². The molecule has 0 saturated heterocycles. The van der Waals surface area contributed by atoms with Crippen LogP contribution in [0.1, 0.15) is 5.56 Å². The minimum Gasteiger partial charge on any atom is -0.497 e. The van der Waals surface area contributed by atoms with Crippen molar-refractivity contribution in [1.82, 2.24) is 4.98 Å². The van der Waals surface area contributed by atoms with Crippen LogP contribution >= 0.6 is 0 Å². The molecule has 0 saturated carbocycles. The zero-order chi connectivity index (χ0) is 18.6. The number of methoxy groups -OCH3 is 1. The number of rotatable bonds is 6. The maximum absolute atomic E-state index is 12.5. The van der Waals surface area contributed by atoms with Crippen molar-refractivity contribution >= 4 is 15.7 Å². The van der Waals surface area contributed by atoms with Gasteiger partial charge in [-0.1, -0.05) is 23.8 Å². The molecule has 1 N–H and O–H groups in total. The van der Waals surface area contributed by atoms with Crippen LogP contribution in [0.2, 0.25) is 0 Å². The van der Waals surface area contributed by atoms with E-state index in [1.807, 2.05) is 31.2 Å². The maximum Gasteiger partial charge on any atom is 0.262 e. The Morgan fingerprint density at radius 2 is 1.73 bits per heavy atom. The zero-order valence-corrected chi connectivity index (χ0v) is 15.2. The summed E-state index contributed by atoms with van der Waals surface area (Å²) >= 11 is 0. The first-order valence-corrected chi connectivity index (χ1v) is 9.32. The monoisotopic (exact) mass is 370 g/mol. The van der Waals surface area contributed by atoms with Gasteiger partial charge in [0.1, 0.15) is 11.5 Å². The fourth-order valence-electron chi connectivity index (χ4n) is 2.21. The molecule has 3 aromatic rings. The quantitative estimate of drug-likeness (QED) is 0.710. The SMILES string of the molecule is COc1cccc(S(=O)(=O)Nc2ccc(Oc3ccc(C)cc3)nc2)c1. The van der Waals surface area contributed by atoms with Crippen molar-refractivity contribution < 1.29 is 17.9 Å². The van der Waals surface area contributed by atoms with E-state index in [1.54, 1.807) is 24.3 Å². The fraction of sp³-hybridized carbons (Fsp3) is 0.105. The second-order valence-corrected chi connectivity index (χ2v) is 7.27. The highest BCUT2D eigenvalue weighted by Gasteiger charge is 2.15. The van der Waals surface area contributed by atoms with E-state index in [4.69, 9.17) is 9.47 Å². The number of hydrogen-bond donors (Lipinski definition) is 1. The number of nitrogens with one attached hydrogen (secondary N) is 1. The van der Waals surface area contributed by atoms with Crippen LogP contribution in [0.5, 0.6) is 17.4 Å². The third kappa shape index (κ3) is 4.31. The predicted molar refractivity (Wildman–Crippen MR) is 99.3 cm³/mol. The van der Waals surface area contributed by atoms with E-state index in [-0.39, 0.29) is 4.90 Å². The predicted octanol–water partition coefficient (Wildman–Crippen LogP) is 3.99. The molecule has 0 bridgehead atoms. The van der Waals surface area contributed by atoms with Gasteiger partial charge in [0.2, 0.25) is 5.88 Å². The molecule has 1 heterocycles. The number of benzene rings is 2. The minimum atomic E-state index is -3.73. The first kappa shape index (κ1) is 17.8. The summed E-state index contributed by atoms with van der Waals surface area (Å²) in [5.41, 5.74) is 1.47. The number of hydrogen-bond acceptors (Lipinski definition) is 5. The van der Waals surface area contributed by atoms with Crippen LogP contribution in [-0.4, -0.2) is 20.5 Å². The Morgan fingerprint density at radius 3 is 2.38 bits per heavy atom. The summed E-state index contributed by atoms with van der Waals surface area (Å²) in [5, 5.41) is 0. The molecule has 6 nitrogen and oxygen atoms in total. The van der Waals surface area contributed by atoms with Crippen molar-refractivity contribution in [2.75, 3.05) is 11.8 Å². The van der Waals surface area contributed by atoms with Crippen LogP contribution in [0.25, 0.3) is 0 Å². The van der Waals surface area contributed by atoms with E-state index in [0.29, 0.717) is 23.1 Å². The first-order valence-electron chi connectivity index (χ1n) is 7.84. The van der Waals surface area contributed by atoms with Crippen LogP contribution in [0.15, 0.2) is 71.8 Å². The molecular weight excluding hydrogens is 352 g/mol. The summed E-state index contributed by atoms with van der Waals surface area (Å²) in [4.78, 5) is 4.24. The van der Waals surface area contributed by atoms with Gasteiger partial charge < -0.3 is 9.47 Å². The molecule has 0 unspecified atom stereocenters. The van der Waals surface area contributed by atoms with E-state index >= 15 is 0 Å². The second-order valence-electron chi connectivity index (χ2n) is 5.58. The third-order valence-electron chi connectivity index (χ3n) is 3.58. The lowest BCUT2D eigenvalue weighted by atomic mass is 10.2. The van der Waals surface area contributed by atoms with Gasteiger partial charge >= 0.3 is 0 Å². The van der Waals surface area contributed by atoms with Crippen molar-refractivity contribution in [3.05, 3.63) is 72.4 Å². The third-order valence-corrected chi connectivity index (χ3v) is 4.96. The maximum atomic E-state index is 12.5. The average molecular weight is 370 g/mol. The van der Waals surface area contributed by atoms with Crippen LogP contribution in [0.4, 0.5) is 5.69 Å². The molecule has 3 rings (SSSR count). The number of nitrogens with zero attached hydrogens (tertiary/aromatic N) is 1. The summed E-state index contributed by atoms with van der Waals surface area (Å²) in [7, 11) is -2.25.